The van der Waals surface area contributed by atoms with Crippen molar-refractivity contribution in [3.8, 4) is 5.75 Å². The highest BCUT2D eigenvalue weighted by Gasteiger charge is 2.27. The molecule has 21 heavy (non-hydrogen) atoms. The molecule has 0 unspecified atom stereocenters. The van der Waals surface area contributed by atoms with Gasteiger partial charge in [0.2, 0.25) is 0 Å². The highest BCUT2D eigenvalue weighted by molar-refractivity contribution is 5.71. The Hall–Kier alpha value is -1.51. The predicted molar refractivity (Wildman–Crippen MR) is 83.7 cm³/mol. The second-order valence-corrected chi connectivity index (χ2v) is 7.43. The van der Waals surface area contributed by atoms with Crippen molar-refractivity contribution in [2.75, 3.05) is 6.61 Å². The van der Waals surface area contributed by atoms with Gasteiger partial charge in [0.25, 0.3) is 0 Å². The quantitative estimate of drug-likeness (QED) is 0.789. The van der Waals surface area contributed by atoms with Crippen LogP contribution in [-0.4, -0.2) is 18.2 Å². The molecule has 0 saturated carbocycles. The van der Waals surface area contributed by atoms with Gasteiger partial charge in [-0.15, -0.1) is 0 Å². The molecule has 1 aliphatic carbocycles. The monoisotopic (exact) mass is 290 g/mol. The van der Waals surface area contributed by atoms with E-state index in [0.717, 1.165) is 12.2 Å². The molecule has 0 fully saturated rings. The molecular weight excluding hydrogens is 264 g/mol. The Morgan fingerprint density at radius 3 is 2.67 bits per heavy atom. The van der Waals surface area contributed by atoms with Crippen LogP contribution in [0.5, 0.6) is 5.75 Å². The van der Waals surface area contributed by atoms with Crippen LogP contribution in [0.3, 0.4) is 0 Å². The molecule has 0 saturated heterocycles. The Balaban J connectivity index is 2.02. The summed E-state index contributed by atoms with van der Waals surface area (Å²) in [7, 11) is 0. The largest absolute Gasteiger partial charge is 0.482 e. The molecule has 116 valence electrons. The van der Waals surface area contributed by atoms with Crippen molar-refractivity contribution >= 4 is 5.97 Å². The third-order valence-electron chi connectivity index (χ3n) is 3.83. The van der Waals surface area contributed by atoms with Crippen LogP contribution < -0.4 is 4.74 Å². The Morgan fingerprint density at radius 1 is 1.29 bits per heavy atom. The third-order valence-corrected chi connectivity index (χ3v) is 3.83. The van der Waals surface area contributed by atoms with Gasteiger partial charge in [0.05, 0.1) is 0 Å². The fraction of sp³-hybridized carbons (Fsp3) is 0.611. The van der Waals surface area contributed by atoms with Gasteiger partial charge >= 0.3 is 5.97 Å². The number of rotatable bonds is 3. The van der Waals surface area contributed by atoms with Gasteiger partial charge < -0.3 is 9.47 Å². The van der Waals surface area contributed by atoms with E-state index in [9.17, 15) is 4.79 Å². The zero-order chi connectivity index (χ0) is 15.7. The van der Waals surface area contributed by atoms with E-state index in [-0.39, 0.29) is 18.0 Å². The van der Waals surface area contributed by atoms with Crippen LogP contribution in [0.15, 0.2) is 18.2 Å². The Kier molecular flexibility index (Phi) is 4.31. The van der Waals surface area contributed by atoms with Crippen LogP contribution in [0.2, 0.25) is 0 Å². The first-order chi connectivity index (χ1) is 9.67. The third kappa shape index (κ3) is 4.23. The lowest BCUT2D eigenvalue weighted by Crippen LogP contribution is -2.27. The van der Waals surface area contributed by atoms with Gasteiger partial charge in [-0.25, -0.2) is 4.79 Å². The molecule has 0 amide bonds. The Labute approximate surface area is 127 Å². The van der Waals surface area contributed by atoms with E-state index >= 15 is 0 Å². The first-order valence-corrected chi connectivity index (χ1v) is 7.65. The minimum Gasteiger partial charge on any atom is -0.482 e. The highest BCUT2D eigenvalue weighted by atomic mass is 16.6. The number of ether oxygens (including phenoxy) is 2. The summed E-state index contributed by atoms with van der Waals surface area (Å²) >= 11 is 0. The van der Waals surface area contributed by atoms with E-state index in [0.29, 0.717) is 0 Å². The number of fused-ring (bicyclic) bond motifs is 1. The van der Waals surface area contributed by atoms with Crippen molar-refractivity contribution in [2.24, 2.45) is 0 Å². The summed E-state index contributed by atoms with van der Waals surface area (Å²) in [5, 5.41) is 0. The maximum atomic E-state index is 11.7. The zero-order valence-electron chi connectivity index (χ0n) is 13.8. The van der Waals surface area contributed by atoms with Gasteiger partial charge in [-0.2, -0.15) is 0 Å². The van der Waals surface area contributed by atoms with E-state index in [1.807, 2.05) is 26.8 Å². The number of carbonyl (C=O) groups excluding carboxylic acids is 1. The van der Waals surface area contributed by atoms with Gasteiger partial charge in [0.1, 0.15) is 11.4 Å². The smallest absolute Gasteiger partial charge is 0.344 e. The normalized spacial score (nSPS) is 17.0. The van der Waals surface area contributed by atoms with Crippen LogP contribution in [0.25, 0.3) is 0 Å². The van der Waals surface area contributed by atoms with E-state index in [1.165, 1.54) is 24.0 Å². The second-order valence-electron chi connectivity index (χ2n) is 7.43. The maximum absolute atomic E-state index is 11.7. The van der Waals surface area contributed by atoms with Crippen LogP contribution in [0.4, 0.5) is 0 Å². The predicted octanol–water partition coefficient (Wildman–Crippen LogP) is 4.02. The van der Waals surface area contributed by atoms with Crippen molar-refractivity contribution in [2.45, 2.75) is 64.9 Å². The van der Waals surface area contributed by atoms with Crippen LogP contribution in [0.1, 0.15) is 58.6 Å². The first-order valence-electron chi connectivity index (χ1n) is 7.65. The molecule has 3 nitrogen and oxygen atoms in total. The minimum atomic E-state index is -0.472. The average Bonchev–Trinajstić information content (AvgIpc) is 2.33. The topological polar surface area (TPSA) is 35.5 Å². The summed E-state index contributed by atoms with van der Waals surface area (Å²) in [6.07, 6.45) is 3.51. The minimum absolute atomic E-state index is 0.0422. The molecule has 0 atom stereocenters. The molecule has 0 spiro atoms. The van der Waals surface area contributed by atoms with Crippen molar-refractivity contribution in [1.82, 2.24) is 0 Å². The molecular formula is C18H26O3. The van der Waals surface area contributed by atoms with Crippen LogP contribution in [0, 0.1) is 0 Å². The van der Waals surface area contributed by atoms with Gasteiger partial charge in [-0.05, 0) is 68.7 Å². The molecule has 0 aromatic heterocycles. The lowest BCUT2D eigenvalue weighted by molar-refractivity contribution is -0.157. The number of esters is 1. The molecule has 1 aromatic carbocycles. The number of benzene rings is 1. The first kappa shape index (κ1) is 15.9. The summed E-state index contributed by atoms with van der Waals surface area (Å²) in [4.78, 5) is 11.7. The number of carbonyl (C=O) groups is 1. The fourth-order valence-electron chi connectivity index (χ4n) is 2.90. The van der Waals surface area contributed by atoms with E-state index < -0.39 is 5.60 Å². The van der Waals surface area contributed by atoms with E-state index in [4.69, 9.17) is 9.47 Å². The molecule has 2 rings (SSSR count). The summed E-state index contributed by atoms with van der Waals surface area (Å²) < 4.78 is 10.8. The van der Waals surface area contributed by atoms with Crippen molar-refractivity contribution in [1.29, 1.82) is 0 Å². The lowest BCUT2D eigenvalue weighted by atomic mass is 9.73. The summed E-state index contributed by atoms with van der Waals surface area (Å²) in [6, 6.07) is 6.16. The average molecular weight is 290 g/mol. The molecule has 0 N–H and O–H groups in total. The Bertz CT molecular complexity index is 524. The molecule has 1 aliphatic rings. The van der Waals surface area contributed by atoms with Crippen LogP contribution >= 0.6 is 0 Å². The maximum Gasteiger partial charge on any atom is 0.344 e. The zero-order valence-corrected chi connectivity index (χ0v) is 13.8. The van der Waals surface area contributed by atoms with E-state index in [1.54, 1.807) is 0 Å². The van der Waals surface area contributed by atoms with Crippen molar-refractivity contribution in [3.05, 3.63) is 29.3 Å². The van der Waals surface area contributed by atoms with Gasteiger partial charge in [0, 0.05) is 0 Å². The fourth-order valence-corrected chi connectivity index (χ4v) is 2.90. The molecule has 0 radical (unpaired) electrons. The van der Waals surface area contributed by atoms with Gasteiger partial charge in [-0.1, -0.05) is 19.9 Å². The van der Waals surface area contributed by atoms with Gasteiger partial charge in [-0.3, -0.25) is 0 Å². The van der Waals surface area contributed by atoms with Crippen molar-refractivity contribution in [3.63, 3.8) is 0 Å². The van der Waals surface area contributed by atoms with E-state index in [2.05, 4.69) is 26.0 Å². The summed E-state index contributed by atoms with van der Waals surface area (Å²) in [5.74, 6) is 0.415. The SMILES string of the molecule is CC(C)(C)OC(=O)COc1ccc2c(c1)CCCC2(C)C. The summed E-state index contributed by atoms with van der Waals surface area (Å²) in [6.45, 7) is 10.1. The van der Waals surface area contributed by atoms with Crippen molar-refractivity contribution < 1.29 is 14.3 Å². The van der Waals surface area contributed by atoms with Gasteiger partial charge in [0.15, 0.2) is 6.61 Å². The molecule has 0 bridgehead atoms. The standard InChI is InChI=1S/C18H26O3/c1-17(2,3)21-16(19)12-20-14-8-9-15-13(11-14)7-6-10-18(15,4)5/h8-9,11H,6-7,10,12H2,1-5H3. The van der Waals surface area contributed by atoms with Crippen LogP contribution in [-0.2, 0) is 21.4 Å². The number of hydrogen-bond acceptors (Lipinski definition) is 3. The lowest BCUT2D eigenvalue weighted by Gasteiger charge is -2.32. The summed E-state index contributed by atoms with van der Waals surface area (Å²) in [5.41, 5.74) is 2.50. The molecule has 1 aromatic rings. The Morgan fingerprint density at radius 2 is 2.00 bits per heavy atom. The number of hydrogen-bond donors (Lipinski definition) is 0. The molecule has 0 heterocycles. The molecule has 0 aliphatic heterocycles. The molecule has 3 heteroatoms. The number of aryl methyl sites for hydroxylation is 1. The highest BCUT2D eigenvalue weighted by Crippen LogP contribution is 2.38. The second kappa shape index (κ2) is 5.70.